The molecule has 1 aromatic carbocycles. The summed E-state index contributed by atoms with van der Waals surface area (Å²) >= 11 is 7.02. The van der Waals surface area contributed by atoms with Gasteiger partial charge in [-0.25, -0.2) is 0 Å². The van der Waals surface area contributed by atoms with Gasteiger partial charge in [0.25, 0.3) is 0 Å². The van der Waals surface area contributed by atoms with Crippen molar-refractivity contribution < 1.29 is 4.74 Å². The first-order valence-corrected chi connectivity index (χ1v) is 6.90. The van der Waals surface area contributed by atoms with Crippen molar-refractivity contribution in [3.05, 3.63) is 26.6 Å². The summed E-state index contributed by atoms with van der Waals surface area (Å²) in [5.74, 6) is 0.849. The van der Waals surface area contributed by atoms with E-state index in [1.54, 1.807) is 7.11 Å². The molecule has 0 bridgehead atoms. The van der Waals surface area contributed by atoms with Crippen LogP contribution in [-0.2, 0) is 6.54 Å². The van der Waals surface area contributed by atoms with Crippen molar-refractivity contribution in [2.45, 2.75) is 31.8 Å². The van der Waals surface area contributed by atoms with E-state index in [1.165, 1.54) is 18.4 Å². The molecule has 4 heteroatoms. The summed E-state index contributed by atoms with van der Waals surface area (Å²) in [5.41, 5.74) is 1.63. The first-order valence-electron chi connectivity index (χ1n) is 5.31. The Hall–Kier alpha value is -0.0600. The molecule has 0 heterocycles. The Balaban J connectivity index is 2.10. The lowest BCUT2D eigenvalue weighted by atomic mass is 10.2. The van der Waals surface area contributed by atoms with Crippen molar-refractivity contribution in [2.75, 3.05) is 7.11 Å². The third-order valence-electron chi connectivity index (χ3n) is 2.98. The quantitative estimate of drug-likeness (QED) is 0.891. The molecule has 16 heavy (non-hydrogen) atoms. The molecule has 0 amide bonds. The Labute approximate surface area is 113 Å². The minimum Gasteiger partial charge on any atom is -0.494 e. The van der Waals surface area contributed by atoms with Gasteiger partial charge in [-0.05, 0) is 69.3 Å². The van der Waals surface area contributed by atoms with Crippen LogP contribution in [-0.4, -0.2) is 12.6 Å². The fourth-order valence-electron chi connectivity index (χ4n) is 1.59. The standard InChI is InChI=1S/C12H15Br2NO/c1-12(3-4-12)15-7-8-5-9(13)11(16-2)10(14)6-8/h5-6,15H,3-4,7H2,1-2H3. The topological polar surface area (TPSA) is 21.3 Å². The van der Waals surface area contributed by atoms with Gasteiger partial charge in [-0.15, -0.1) is 0 Å². The van der Waals surface area contributed by atoms with E-state index in [2.05, 4.69) is 56.2 Å². The number of hydrogen-bond acceptors (Lipinski definition) is 2. The Morgan fingerprint density at radius 1 is 1.31 bits per heavy atom. The van der Waals surface area contributed by atoms with Crippen molar-refractivity contribution in [2.24, 2.45) is 0 Å². The van der Waals surface area contributed by atoms with Crippen LogP contribution in [0.15, 0.2) is 21.1 Å². The largest absolute Gasteiger partial charge is 0.494 e. The van der Waals surface area contributed by atoms with Crippen LogP contribution in [0.3, 0.4) is 0 Å². The lowest BCUT2D eigenvalue weighted by Crippen LogP contribution is -2.26. The molecule has 2 nitrogen and oxygen atoms in total. The van der Waals surface area contributed by atoms with Gasteiger partial charge in [0, 0.05) is 12.1 Å². The van der Waals surface area contributed by atoms with E-state index < -0.39 is 0 Å². The average Bonchev–Trinajstić information content (AvgIpc) is 2.94. The molecule has 0 atom stereocenters. The molecule has 1 N–H and O–H groups in total. The molecule has 0 radical (unpaired) electrons. The van der Waals surface area contributed by atoms with Crippen LogP contribution in [0.25, 0.3) is 0 Å². The predicted octanol–water partition coefficient (Wildman–Crippen LogP) is 3.86. The third kappa shape index (κ3) is 2.79. The van der Waals surface area contributed by atoms with E-state index in [0.29, 0.717) is 5.54 Å². The maximum absolute atomic E-state index is 5.27. The molecular formula is C12H15Br2NO. The summed E-state index contributed by atoms with van der Waals surface area (Å²) in [7, 11) is 1.67. The summed E-state index contributed by atoms with van der Waals surface area (Å²) in [6, 6.07) is 4.20. The molecule has 1 fully saturated rings. The lowest BCUT2D eigenvalue weighted by Gasteiger charge is -2.13. The van der Waals surface area contributed by atoms with Crippen molar-refractivity contribution in [3.8, 4) is 5.75 Å². The number of benzene rings is 1. The minimum atomic E-state index is 0.374. The SMILES string of the molecule is COc1c(Br)cc(CNC2(C)CC2)cc1Br. The van der Waals surface area contributed by atoms with Gasteiger partial charge in [-0.2, -0.15) is 0 Å². The van der Waals surface area contributed by atoms with Crippen LogP contribution in [0, 0.1) is 0 Å². The van der Waals surface area contributed by atoms with E-state index in [1.807, 2.05) is 0 Å². The van der Waals surface area contributed by atoms with Gasteiger partial charge in [-0.3, -0.25) is 0 Å². The van der Waals surface area contributed by atoms with Crippen molar-refractivity contribution in [1.29, 1.82) is 0 Å². The van der Waals surface area contributed by atoms with Gasteiger partial charge in [-0.1, -0.05) is 0 Å². The second kappa shape index (κ2) is 4.67. The summed E-state index contributed by atoms with van der Waals surface area (Å²) in [4.78, 5) is 0. The highest BCUT2D eigenvalue weighted by atomic mass is 79.9. The lowest BCUT2D eigenvalue weighted by molar-refractivity contribution is 0.409. The molecule has 0 spiro atoms. The number of rotatable bonds is 4. The molecule has 88 valence electrons. The van der Waals surface area contributed by atoms with E-state index >= 15 is 0 Å². The molecule has 0 aromatic heterocycles. The summed E-state index contributed by atoms with van der Waals surface area (Å²) in [6.07, 6.45) is 2.57. The Morgan fingerprint density at radius 3 is 2.31 bits per heavy atom. The van der Waals surface area contributed by atoms with E-state index in [9.17, 15) is 0 Å². The van der Waals surface area contributed by atoms with Crippen molar-refractivity contribution in [1.82, 2.24) is 5.32 Å². The minimum absolute atomic E-state index is 0.374. The molecule has 2 rings (SSSR count). The third-order valence-corrected chi connectivity index (χ3v) is 4.16. The van der Waals surface area contributed by atoms with Crippen molar-refractivity contribution in [3.63, 3.8) is 0 Å². The fourth-order valence-corrected chi connectivity index (χ4v) is 3.19. The molecule has 1 aliphatic rings. The Morgan fingerprint density at radius 2 is 1.88 bits per heavy atom. The van der Waals surface area contributed by atoms with Gasteiger partial charge in [0.15, 0.2) is 0 Å². The number of methoxy groups -OCH3 is 1. The first kappa shape index (κ1) is 12.4. The maximum Gasteiger partial charge on any atom is 0.147 e. The molecule has 1 aromatic rings. The number of nitrogens with one attached hydrogen (secondary N) is 1. The second-order valence-corrected chi connectivity index (χ2v) is 6.22. The zero-order valence-electron chi connectivity index (χ0n) is 9.44. The summed E-state index contributed by atoms with van der Waals surface area (Å²) < 4.78 is 7.25. The molecule has 1 aliphatic carbocycles. The molecule has 0 aliphatic heterocycles. The molecule has 1 saturated carbocycles. The van der Waals surface area contributed by atoms with Crippen LogP contribution in [0.2, 0.25) is 0 Å². The fraction of sp³-hybridized carbons (Fsp3) is 0.500. The van der Waals surface area contributed by atoms with Gasteiger partial charge in [0.05, 0.1) is 16.1 Å². The average molecular weight is 349 g/mol. The predicted molar refractivity (Wildman–Crippen MR) is 72.9 cm³/mol. The van der Waals surface area contributed by atoms with Gasteiger partial charge in [0.2, 0.25) is 0 Å². The maximum atomic E-state index is 5.27. The number of hydrogen-bond donors (Lipinski definition) is 1. The highest BCUT2D eigenvalue weighted by molar-refractivity contribution is 9.11. The highest BCUT2D eigenvalue weighted by Crippen LogP contribution is 2.36. The zero-order chi connectivity index (χ0) is 11.8. The van der Waals surface area contributed by atoms with Gasteiger partial charge >= 0.3 is 0 Å². The molecule has 0 saturated heterocycles. The Bertz CT molecular complexity index is 379. The second-order valence-electron chi connectivity index (χ2n) is 4.51. The van der Waals surface area contributed by atoms with Crippen LogP contribution >= 0.6 is 31.9 Å². The molecule has 0 unspecified atom stereocenters. The zero-order valence-corrected chi connectivity index (χ0v) is 12.6. The molecular weight excluding hydrogens is 334 g/mol. The monoisotopic (exact) mass is 347 g/mol. The van der Waals surface area contributed by atoms with E-state index in [0.717, 1.165) is 21.2 Å². The van der Waals surface area contributed by atoms with E-state index in [-0.39, 0.29) is 0 Å². The van der Waals surface area contributed by atoms with Crippen LogP contribution < -0.4 is 10.1 Å². The summed E-state index contributed by atoms with van der Waals surface area (Å²) in [6.45, 7) is 3.16. The normalized spacial score (nSPS) is 17.2. The smallest absolute Gasteiger partial charge is 0.147 e. The van der Waals surface area contributed by atoms with Crippen LogP contribution in [0.4, 0.5) is 0 Å². The van der Waals surface area contributed by atoms with Crippen molar-refractivity contribution >= 4 is 31.9 Å². The Kier molecular flexibility index (Phi) is 3.62. The van der Waals surface area contributed by atoms with Crippen LogP contribution in [0.1, 0.15) is 25.3 Å². The van der Waals surface area contributed by atoms with Crippen LogP contribution in [0.5, 0.6) is 5.75 Å². The van der Waals surface area contributed by atoms with E-state index in [4.69, 9.17) is 4.74 Å². The van der Waals surface area contributed by atoms with Gasteiger partial charge < -0.3 is 10.1 Å². The summed E-state index contributed by atoms with van der Waals surface area (Å²) in [5, 5.41) is 3.56. The first-order chi connectivity index (χ1) is 7.54. The number of ether oxygens (including phenoxy) is 1. The number of halogens is 2. The highest BCUT2D eigenvalue weighted by Gasteiger charge is 2.36. The van der Waals surface area contributed by atoms with Gasteiger partial charge in [0.1, 0.15) is 5.75 Å².